The van der Waals surface area contributed by atoms with Crippen molar-refractivity contribution >= 4 is 28.3 Å². The monoisotopic (exact) mass is 671 g/mol. The summed E-state index contributed by atoms with van der Waals surface area (Å²) in [4.78, 5) is 2.16. The van der Waals surface area contributed by atoms with Crippen LogP contribution >= 0.6 is 24.0 Å². The average Bonchev–Trinajstić information content (AvgIpc) is 3.12. The molecule has 0 unspecified atom stereocenters. The molecule has 1 fully saturated rings. The number of hydrogen-bond donors (Lipinski definition) is 0. The van der Waals surface area contributed by atoms with Crippen LogP contribution in [0.1, 0.15) is 36.1 Å². The maximum Gasteiger partial charge on any atom is 0.139 e. The van der Waals surface area contributed by atoms with Crippen LogP contribution in [0.2, 0.25) is 0 Å². The lowest BCUT2D eigenvalue weighted by Crippen LogP contribution is -2.60. The molecular weight excluding hydrogens is 627 g/mol. The molecule has 0 radical (unpaired) electrons. The minimum Gasteiger partial charge on any atom is -0.374 e. The van der Waals surface area contributed by atoms with Gasteiger partial charge >= 0.3 is 0 Å². The number of thiocarbonyl (C=S) groups is 1. The van der Waals surface area contributed by atoms with E-state index in [1.54, 1.807) is 0 Å². The van der Waals surface area contributed by atoms with Crippen LogP contribution in [-0.4, -0.2) is 58.8 Å². The highest BCUT2D eigenvalue weighted by molar-refractivity contribution is 8.23. The first kappa shape index (κ1) is 35.2. The van der Waals surface area contributed by atoms with Gasteiger partial charge in [0, 0.05) is 13.1 Å². The first-order valence-electron chi connectivity index (χ1n) is 16.3. The largest absolute Gasteiger partial charge is 0.374 e. The van der Waals surface area contributed by atoms with E-state index in [0.717, 1.165) is 39.7 Å². The summed E-state index contributed by atoms with van der Waals surface area (Å²) in [5.74, 6) is 0. The summed E-state index contributed by atoms with van der Waals surface area (Å²) in [5.41, 5.74) is 3.86. The van der Waals surface area contributed by atoms with Crippen molar-refractivity contribution in [2.45, 2.75) is 70.1 Å². The Morgan fingerprint density at radius 1 is 0.596 bits per heavy atom. The zero-order valence-corrected chi connectivity index (χ0v) is 28.8. The fourth-order valence-electron chi connectivity index (χ4n) is 5.50. The molecule has 0 aliphatic carbocycles. The minimum atomic E-state index is -0.483. The Bertz CT molecular complexity index is 1440. The van der Waals surface area contributed by atoms with Crippen molar-refractivity contribution in [2.24, 2.45) is 0 Å². The van der Waals surface area contributed by atoms with Gasteiger partial charge in [-0.2, -0.15) is 0 Å². The summed E-state index contributed by atoms with van der Waals surface area (Å²) in [6.07, 6.45) is -1.87. The van der Waals surface area contributed by atoms with Crippen LogP contribution in [0, 0.1) is 0 Å². The minimum absolute atomic E-state index is 0.319. The van der Waals surface area contributed by atoms with E-state index in [2.05, 4.69) is 67.3 Å². The highest BCUT2D eigenvalue weighted by Crippen LogP contribution is 2.36. The van der Waals surface area contributed by atoms with Gasteiger partial charge in [0.1, 0.15) is 34.2 Å². The van der Waals surface area contributed by atoms with Crippen molar-refractivity contribution in [3.05, 3.63) is 144 Å². The molecule has 47 heavy (non-hydrogen) atoms. The molecule has 0 aromatic heterocycles. The third-order valence-corrected chi connectivity index (χ3v) is 9.70. The number of nitrogens with zero attached hydrogens (tertiary/aromatic N) is 1. The Labute approximate surface area is 289 Å². The molecule has 8 heteroatoms. The highest BCUT2D eigenvalue weighted by Gasteiger charge is 2.49. The standard InChI is InChI=1S/C39H45NO5S2/c1-3-40(4-2)39(46)47-38-37(44-28-33-23-15-8-16-24-33)36(43-27-32-21-13-7-14-22-32)35(42-26-31-19-11-6-12-20-31)34(45-38)29-41-25-30-17-9-5-10-18-30/h5-24,34-38H,3-4,25-29H2,1-2H3/t34-,35-,36+,37-,38+/m1/s1. The van der Waals surface area contributed by atoms with Crippen molar-refractivity contribution < 1.29 is 23.7 Å². The zero-order chi connectivity index (χ0) is 32.7. The quantitative estimate of drug-likeness (QED) is 0.111. The fraction of sp³-hybridized carbons (Fsp3) is 0.359. The molecule has 1 heterocycles. The summed E-state index contributed by atoms with van der Waals surface area (Å²) in [5, 5.41) is 0. The normalized spacial score (nSPS) is 20.9. The van der Waals surface area contributed by atoms with Crippen LogP contribution in [-0.2, 0) is 50.1 Å². The van der Waals surface area contributed by atoms with Gasteiger partial charge in [-0.3, -0.25) is 0 Å². The van der Waals surface area contributed by atoms with E-state index >= 15 is 0 Å². The molecule has 1 aliphatic rings. The molecule has 0 amide bonds. The predicted octanol–water partition coefficient (Wildman–Crippen LogP) is 8.04. The van der Waals surface area contributed by atoms with Crippen molar-refractivity contribution in [1.82, 2.24) is 4.90 Å². The van der Waals surface area contributed by atoms with Crippen molar-refractivity contribution in [2.75, 3.05) is 19.7 Å². The van der Waals surface area contributed by atoms with E-state index in [1.165, 1.54) is 11.8 Å². The lowest BCUT2D eigenvalue weighted by molar-refractivity contribution is -0.254. The van der Waals surface area contributed by atoms with Crippen molar-refractivity contribution in [3.8, 4) is 0 Å². The van der Waals surface area contributed by atoms with Gasteiger partial charge in [0.05, 0.1) is 33.0 Å². The smallest absolute Gasteiger partial charge is 0.139 e. The lowest BCUT2D eigenvalue weighted by atomic mass is 9.98. The maximum atomic E-state index is 6.91. The number of hydrogen-bond acceptors (Lipinski definition) is 7. The number of benzene rings is 4. The van der Waals surface area contributed by atoms with Gasteiger partial charge in [-0.1, -0.05) is 145 Å². The molecule has 1 aliphatic heterocycles. The van der Waals surface area contributed by atoms with Crippen LogP contribution in [0.25, 0.3) is 0 Å². The third kappa shape index (κ3) is 10.7. The van der Waals surface area contributed by atoms with E-state index in [9.17, 15) is 0 Å². The average molecular weight is 672 g/mol. The fourth-order valence-corrected chi connectivity index (χ4v) is 7.21. The predicted molar refractivity (Wildman–Crippen MR) is 193 cm³/mol. The summed E-state index contributed by atoms with van der Waals surface area (Å²) in [7, 11) is 0. The van der Waals surface area contributed by atoms with Gasteiger partial charge in [0.25, 0.3) is 0 Å². The van der Waals surface area contributed by atoms with Crippen LogP contribution in [0.3, 0.4) is 0 Å². The van der Waals surface area contributed by atoms with Crippen LogP contribution in [0.15, 0.2) is 121 Å². The van der Waals surface area contributed by atoms with Crippen LogP contribution in [0.4, 0.5) is 0 Å². The number of thioether (sulfide) groups is 1. The molecule has 0 saturated carbocycles. The van der Waals surface area contributed by atoms with Gasteiger partial charge in [-0.25, -0.2) is 0 Å². The molecule has 5 rings (SSSR count). The van der Waals surface area contributed by atoms with Crippen molar-refractivity contribution in [3.63, 3.8) is 0 Å². The summed E-state index contributed by atoms with van der Waals surface area (Å²) < 4.78 is 34.3. The topological polar surface area (TPSA) is 49.4 Å². The SMILES string of the molecule is CCN(CC)C(=S)S[C@@H]1O[C@H](COCc2ccccc2)[C@@H](OCc2ccccc2)[C@H](OCc2ccccc2)[C@H]1OCc1ccccc1. The number of rotatable bonds is 16. The van der Waals surface area contributed by atoms with Crippen LogP contribution in [0.5, 0.6) is 0 Å². The summed E-state index contributed by atoms with van der Waals surface area (Å²) in [6, 6.07) is 40.7. The van der Waals surface area contributed by atoms with Gasteiger partial charge in [0.2, 0.25) is 0 Å². The molecule has 4 aromatic carbocycles. The van der Waals surface area contributed by atoms with Gasteiger partial charge in [0.15, 0.2) is 0 Å². The lowest BCUT2D eigenvalue weighted by Gasteiger charge is -2.46. The number of ether oxygens (including phenoxy) is 5. The first-order valence-corrected chi connectivity index (χ1v) is 17.6. The van der Waals surface area contributed by atoms with E-state index in [-0.39, 0.29) is 0 Å². The summed E-state index contributed by atoms with van der Waals surface area (Å²) in [6.45, 7) is 7.83. The third-order valence-electron chi connectivity index (χ3n) is 8.08. The maximum absolute atomic E-state index is 6.91. The van der Waals surface area contributed by atoms with Crippen LogP contribution < -0.4 is 0 Å². The first-order chi connectivity index (χ1) is 23.1. The molecule has 0 spiro atoms. The molecule has 0 bridgehead atoms. The Hall–Kier alpha value is -3.08. The Balaban J connectivity index is 1.46. The second-order valence-corrected chi connectivity index (χ2v) is 13.1. The highest BCUT2D eigenvalue weighted by atomic mass is 32.2. The zero-order valence-electron chi connectivity index (χ0n) is 27.2. The Kier molecular flexibility index (Phi) is 14.3. The van der Waals surface area contributed by atoms with E-state index in [1.807, 2.05) is 72.8 Å². The molecule has 0 N–H and O–H groups in total. The van der Waals surface area contributed by atoms with Gasteiger partial charge in [-0.05, 0) is 36.1 Å². The van der Waals surface area contributed by atoms with Gasteiger partial charge < -0.3 is 28.6 Å². The second kappa shape index (κ2) is 19.1. The Morgan fingerprint density at radius 3 is 1.45 bits per heavy atom. The van der Waals surface area contributed by atoms with E-state index < -0.39 is 29.9 Å². The molecule has 6 nitrogen and oxygen atoms in total. The second-order valence-electron chi connectivity index (χ2n) is 11.4. The summed E-state index contributed by atoms with van der Waals surface area (Å²) >= 11 is 7.47. The Morgan fingerprint density at radius 2 is 1.00 bits per heavy atom. The molecule has 4 aromatic rings. The molecule has 248 valence electrons. The molecule has 1 saturated heterocycles. The van der Waals surface area contributed by atoms with Crippen molar-refractivity contribution in [1.29, 1.82) is 0 Å². The van der Waals surface area contributed by atoms with Gasteiger partial charge in [-0.15, -0.1) is 0 Å². The molecule has 5 atom stereocenters. The van der Waals surface area contributed by atoms with E-state index in [0.29, 0.717) is 33.0 Å². The molecular formula is C39H45NO5S2. The van der Waals surface area contributed by atoms with E-state index in [4.69, 9.17) is 35.9 Å².